The highest BCUT2D eigenvalue weighted by Gasteiger charge is 2.38. The predicted octanol–water partition coefficient (Wildman–Crippen LogP) is 0.221. The van der Waals surface area contributed by atoms with Gasteiger partial charge in [-0.25, -0.2) is 0 Å². The lowest BCUT2D eigenvalue weighted by Gasteiger charge is -2.17. The van der Waals surface area contributed by atoms with E-state index >= 15 is 0 Å². The van der Waals surface area contributed by atoms with Crippen molar-refractivity contribution in [1.82, 2.24) is 15.2 Å². The van der Waals surface area contributed by atoms with Gasteiger partial charge in [-0.3, -0.25) is 9.78 Å². The lowest BCUT2D eigenvalue weighted by atomic mass is 10.1. The number of amides is 1. The number of nitrogens with zero attached hydrogens (tertiary/aromatic N) is 2. The van der Waals surface area contributed by atoms with Crippen molar-refractivity contribution in [3.63, 3.8) is 0 Å². The third-order valence-corrected chi connectivity index (χ3v) is 3.68. The van der Waals surface area contributed by atoms with Gasteiger partial charge in [0, 0.05) is 25.3 Å². The lowest BCUT2D eigenvalue weighted by molar-refractivity contribution is 0.0779. The minimum atomic E-state index is -0.0962. The molecule has 2 fully saturated rings. The first-order chi connectivity index (χ1) is 8.25. The molecule has 0 aromatic carbocycles. The maximum absolute atomic E-state index is 12.2. The van der Waals surface area contributed by atoms with Crippen molar-refractivity contribution in [1.29, 1.82) is 0 Å². The number of hydrogen-bond acceptors (Lipinski definition) is 4. The Hall–Kier alpha value is -1.62. The Labute approximate surface area is 99.5 Å². The molecule has 5 nitrogen and oxygen atoms in total. The molecule has 0 radical (unpaired) electrons. The fourth-order valence-electron chi connectivity index (χ4n) is 2.75. The van der Waals surface area contributed by atoms with Crippen molar-refractivity contribution in [2.75, 3.05) is 19.6 Å². The lowest BCUT2D eigenvalue weighted by Crippen LogP contribution is -2.34. The summed E-state index contributed by atoms with van der Waals surface area (Å²) in [6.45, 7) is 2.58. The van der Waals surface area contributed by atoms with E-state index in [0.29, 0.717) is 17.5 Å². The van der Waals surface area contributed by atoms with Gasteiger partial charge in [0.1, 0.15) is 5.75 Å². The zero-order valence-corrected chi connectivity index (χ0v) is 9.47. The normalized spacial score (nSPS) is 27.2. The van der Waals surface area contributed by atoms with Crippen LogP contribution in [-0.4, -0.2) is 46.6 Å². The largest absolute Gasteiger partial charge is 0.505 e. The van der Waals surface area contributed by atoms with Crippen molar-refractivity contribution in [2.24, 2.45) is 5.92 Å². The van der Waals surface area contributed by atoms with Gasteiger partial charge >= 0.3 is 0 Å². The predicted molar refractivity (Wildman–Crippen MR) is 61.7 cm³/mol. The number of aromatic nitrogens is 1. The number of aromatic hydroxyl groups is 1. The highest BCUT2D eigenvalue weighted by molar-refractivity contribution is 5.96. The smallest absolute Gasteiger partial charge is 0.257 e. The van der Waals surface area contributed by atoms with Gasteiger partial charge in [-0.1, -0.05) is 0 Å². The first-order valence-corrected chi connectivity index (χ1v) is 5.91. The first kappa shape index (κ1) is 10.5. The summed E-state index contributed by atoms with van der Waals surface area (Å²) < 4.78 is 0. The van der Waals surface area contributed by atoms with E-state index in [2.05, 4.69) is 10.3 Å². The molecule has 2 saturated heterocycles. The second kappa shape index (κ2) is 4.00. The Balaban J connectivity index is 1.78. The standard InChI is InChI=1S/C12H15N3O2/c16-11-5-13-3-2-9(11)12(17)15-6-8-1-4-14-10(8)7-15/h2-3,5,8,10,14,16H,1,4,6-7H2/t8-,10+/m0/s1. The van der Waals surface area contributed by atoms with Gasteiger partial charge in [0.2, 0.25) is 0 Å². The van der Waals surface area contributed by atoms with E-state index in [4.69, 9.17) is 0 Å². The monoisotopic (exact) mass is 233 g/mol. The Kier molecular flexibility index (Phi) is 2.48. The van der Waals surface area contributed by atoms with E-state index in [1.54, 1.807) is 6.07 Å². The molecular formula is C12H15N3O2. The molecular weight excluding hydrogens is 218 g/mol. The summed E-state index contributed by atoms with van der Waals surface area (Å²) in [5.41, 5.74) is 0.347. The van der Waals surface area contributed by atoms with Crippen LogP contribution in [0.15, 0.2) is 18.5 Å². The molecule has 2 aliphatic rings. The maximum atomic E-state index is 12.2. The number of carbonyl (C=O) groups excluding carboxylic acids is 1. The van der Waals surface area contributed by atoms with Crippen LogP contribution >= 0.6 is 0 Å². The van der Waals surface area contributed by atoms with Crippen molar-refractivity contribution >= 4 is 5.91 Å². The molecule has 0 spiro atoms. The molecule has 1 amide bonds. The summed E-state index contributed by atoms with van der Waals surface area (Å²) in [6, 6.07) is 2.00. The molecule has 5 heteroatoms. The van der Waals surface area contributed by atoms with Crippen LogP contribution in [0.5, 0.6) is 5.75 Å². The van der Waals surface area contributed by atoms with Gasteiger partial charge in [0.25, 0.3) is 5.91 Å². The fraction of sp³-hybridized carbons (Fsp3) is 0.500. The molecule has 0 aliphatic carbocycles. The van der Waals surface area contributed by atoms with Crippen LogP contribution in [-0.2, 0) is 0 Å². The fourth-order valence-corrected chi connectivity index (χ4v) is 2.75. The molecule has 0 saturated carbocycles. The summed E-state index contributed by atoms with van der Waals surface area (Å²) in [4.78, 5) is 17.8. The summed E-state index contributed by atoms with van der Waals surface area (Å²) in [6.07, 6.45) is 3.97. The van der Waals surface area contributed by atoms with E-state index in [0.717, 1.165) is 26.1 Å². The highest BCUT2D eigenvalue weighted by Crippen LogP contribution is 2.27. The molecule has 90 valence electrons. The molecule has 3 heterocycles. The Morgan fingerprint density at radius 3 is 3.18 bits per heavy atom. The van der Waals surface area contributed by atoms with E-state index in [-0.39, 0.29) is 11.7 Å². The molecule has 2 atom stereocenters. The summed E-state index contributed by atoms with van der Waals surface area (Å²) in [7, 11) is 0. The van der Waals surface area contributed by atoms with Gasteiger partial charge in [-0.2, -0.15) is 0 Å². The number of likely N-dealkylation sites (tertiary alicyclic amines) is 1. The molecule has 0 bridgehead atoms. The SMILES string of the molecule is O=C(c1ccncc1O)N1C[C@@H]2CCN[C@@H]2C1. The van der Waals surface area contributed by atoms with Crippen LogP contribution in [0.2, 0.25) is 0 Å². The van der Waals surface area contributed by atoms with Gasteiger partial charge in [0.15, 0.2) is 0 Å². The number of pyridine rings is 1. The topological polar surface area (TPSA) is 65.5 Å². The number of carbonyl (C=O) groups is 1. The molecule has 2 aliphatic heterocycles. The Morgan fingerprint density at radius 1 is 1.53 bits per heavy atom. The molecule has 0 unspecified atom stereocenters. The van der Waals surface area contributed by atoms with E-state index in [1.807, 2.05) is 4.90 Å². The summed E-state index contributed by atoms with van der Waals surface area (Å²) in [5.74, 6) is 0.437. The average Bonchev–Trinajstić information content (AvgIpc) is 2.88. The minimum Gasteiger partial charge on any atom is -0.505 e. The first-order valence-electron chi connectivity index (χ1n) is 5.91. The van der Waals surface area contributed by atoms with Crippen LogP contribution in [0.3, 0.4) is 0 Å². The molecule has 17 heavy (non-hydrogen) atoms. The van der Waals surface area contributed by atoms with Gasteiger partial charge in [-0.05, 0) is 24.9 Å². The molecule has 3 rings (SSSR count). The van der Waals surface area contributed by atoms with Crippen LogP contribution in [0.25, 0.3) is 0 Å². The third-order valence-electron chi connectivity index (χ3n) is 3.68. The molecule has 2 N–H and O–H groups in total. The number of nitrogens with one attached hydrogen (secondary N) is 1. The second-order valence-electron chi connectivity index (χ2n) is 4.71. The quantitative estimate of drug-likeness (QED) is 0.728. The van der Waals surface area contributed by atoms with E-state index in [1.165, 1.54) is 12.4 Å². The number of fused-ring (bicyclic) bond motifs is 1. The van der Waals surface area contributed by atoms with E-state index < -0.39 is 0 Å². The van der Waals surface area contributed by atoms with Gasteiger partial charge in [-0.15, -0.1) is 0 Å². The molecule has 1 aromatic rings. The van der Waals surface area contributed by atoms with Crippen LogP contribution in [0, 0.1) is 5.92 Å². The number of hydrogen-bond donors (Lipinski definition) is 2. The number of rotatable bonds is 1. The van der Waals surface area contributed by atoms with E-state index in [9.17, 15) is 9.90 Å². The van der Waals surface area contributed by atoms with Crippen LogP contribution < -0.4 is 5.32 Å². The van der Waals surface area contributed by atoms with Crippen molar-refractivity contribution in [3.05, 3.63) is 24.0 Å². The summed E-state index contributed by atoms with van der Waals surface area (Å²) in [5, 5.41) is 13.0. The maximum Gasteiger partial charge on any atom is 0.257 e. The zero-order valence-electron chi connectivity index (χ0n) is 9.47. The average molecular weight is 233 g/mol. The van der Waals surface area contributed by atoms with Crippen LogP contribution in [0.4, 0.5) is 0 Å². The zero-order chi connectivity index (χ0) is 11.8. The van der Waals surface area contributed by atoms with Crippen molar-refractivity contribution < 1.29 is 9.90 Å². The second-order valence-corrected chi connectivity index (χ2v) is 4.71. The van der Waals surface area contributed by atoms with Crippen molar-refractivity contribution in [3.8, 4) is 5.75 Å². The molecule has 1 aromatic heterocycles. The Bertz CT molecular complexity index is 437. The summed E-state index contributed by atoms with van der Waals surface area (Å²) >= 11 is 0. The van der Waals surface area contributed by atoms with Gasteiger partial charge in [0.05, 0.1) is 11.8 Å². The van der Waals surface area contributed by atoms with Gasteiger partial charge < -0.3 is 15.3 Å². The Morgan fingerprint density at radius 2 is 2.41 bits per heavy atom. The highest BCUT2D eigenvalue weighted by atomic mass is 16.3. The minimum absolute atomic E-state index is 0.0393. The van der Waals surface area contributed by atoms with Crippen LogP contribution in [0.1, 0.15) is 16.8 Å². The van der Waals surface area contributed by atoms with Crippen molar-refractivity contribution in [2.45, 2.75) is 12.5 Å². The third kappa shape index (κ3) is 1.76.